The van der Waals surface area contributed by atoms with Crippen LogP contribution in [0.1, 0.15) is 11.1 Å². The van der Waals surface area contributed by atoms with Crippen LogP contribution in [0.4, 0.5) is 0 Å². The van der Waals surface area contributed by atoms with Gasteiger partial charge in [-0.3, -0.25) is 4.90 Å². The first-order chi connectivity index (χ1) is 9.22. The Labute approximate surface area is 122 Å². The Hall–Kier alpha value is -0.900. The maximum atomic E-state index is 5.40. The predicted octanol–water partition coefficient (Wildman–Crippen LogP) is 3.74. The van der Waals surface area contributed by atoms with E-state index < -0.39 is 0 Å². The van der Waals surface area contributed by atoms with E-state index in [1.165, 1.54) is 21.9 Å². The van der Waals surface area contributed by atoms with Crippen molar-refractivity contribution in [2.75, 3.05) is 26.3 Å². The molecule has 100 valence electrons. The van der Waals surface area contributed by atoms with E-state index in [1.807, 2.05) is 0 Å². The molecule has 0 aromatic heterocycles. The first kappa shape index (κ1) is 13.1. The van der Waals surface area contributed by atoms with Crippen LogP contribution in [-0.2, 0) is 11.3 Å². The molecule has 3 heteroatoms. The second-order valence-electron chi connectivity index (χ2n) is 5.16. The van der Waals surface area contributed by atoms with Gasteiger partial charge in [0.2, 0.25) is 0 Å². The predicted molar refractivity (Wildman–Crippen MR) is 82.5 cm³/mol. The Bertz CT molecular complexity index is 591. The van der Waals surface area contributed by atoms with Crippen molar-refractivity contribution in [1.29, 1.82) is 0 Å². The fourth-order valence-electron chi connectivity index (χ4n) is 2.60. The highest BCUT2D eigenvalue weighted by Gasteiger charge is 2.12. The van der Waals surface area contributed by atoms with E-state index in [4.69, 9.17) is 4.74 Å². The minimum absolute atomic E-state index is 0.861. The Balaban J connectivity index is 1.90. The van der Waals surface area contributed by atoms with Crippen molar-refractivity contribution in [3.05, 3.63) is 45.9 Å². The molecule has 0 bridgehead atoms. The summed E-state index contributed by atoms with van der Waals surface area (Å²) in [5, 5.41) is 2.62. The summed E-state index contributed by atoms with van der Waals surface area (Å²) in [6.07, 6.45) is 0. The van der Waals surface area contributed by atoms with Gasteiger partial charge in [-0.25, -0.2) is 0 Å². The molecule has 1 fully saturated rings. The molecule has 1 aliphatic heterocycles. The van der Waals surface area contributed by atoms with Crippen LogP contribution in [0.25, 0.3) is 10.8 Å². The van der Waals surface area contributed by atoms with Gasteiger partial charge in [0.1, 0.15) is 0 Å². The topological polar surface area (TPSA) is 12.5 Å². The summed E-state index contributed by atoms with van der Waals surface area (Å²) in [5.74, 6) is 0. The second kappa shape index (κ2) is 5.61. The zero-order chi connectivity index (χ0) is 13.2. The number of hydrogen-bond donors (Lipinski definition) is 0. The molecule has 0 saturated carbocycles. The maximum absolute atomic E-state index is 5.40. The van der Waals surface area contributed by atoms with E-state index in [0.29, 0.717) is 0 Å². The monoisotopic (exact) mass is 319 g/mol. The van der Waals surface area contributed by atoms with E-state index in [2.05, 4.69) is 58.1 Å². The van der Waals surface area contributed by atoms with Crippen molar-refractivity contribution in [2.24, 2.45) is 0 Å². The Morgan fingerprint density at radius 1 is 1.11 bits per heavy atom. The molecule has 0 amide bonds. The number of hydrogen-bond acceptors (Lipinski definition) is 2. The largest absolute Gasteiger partial charge is 0.379 e. The summed E-state index contributed by atoms with van der Waals surface area (Å²) in [6, 6.07) is 11.1. The Morgan fingerprint density at radius 2 is 1.89 bits per heavy atom. The standard InChI is InChI=1S/C16H18BrNO/c1-12-8-14-10-16(17)3-2-13(14)9-15(12)11-18-4-6-19-7-5-18/h2-3,8-10H,4-7,11H2,1H3. The first-order valence-corrected chi connectivity index (χ1v) is 7.50. The Morgan fingerprint density at radius 3 is 2.68 bits per heavy atom. The molecular formula is C16H18BrNO. The normalized spacial score (nSPS) is 16.9. The van der Waals surface area contributed by atoms with Crippen LogP contribution in [0.3, 0.4) is 0 Å². The van der Waals surface area contributed by atoms with Crippen molar-refractivity contribution < 1.29 is 4.74 Å². The molecule has 2 nitrogen and oxygen atoms in total. The third-order valence-electron chi connectivity index (χ3n) is 3.75. The van der Waals surface area contributed by atoms with Gasteiger partial charge in [-0.05, 0) is 47.0 Å². The molecule has 1 aliphatic rings. The zero-order valence-corrected chi connectivity index (χ0v) is 12.7. The number of benzene rings is 2. The lowest BCUT2D eigenvalue weighted by molar-refractivity contribution is 0.0341. The van der Waals surface area contributed by atoms with Gasteiger partial charge in [-0.15, -0.1) is 0 Å². The van der Waals surface area contributed by atoms with Crippen molar-refractivity contribution in [1.82, 2.24) is 4.90 Å². The summed E-state index contributed by atoms with van der Waals surface area (Å²) in [5.41, 5.74) is 2.80. The Kier molecular flexibility index (Phi) is 3.87. The average molecular weight is 320 g/mol. The van der Waals surface area contributed by atoms with Gasteiger partial charge in [0.25, 0.3) is 0 Å². The summed E-state index contributed by atoms with van der Waals surface area (Å²) >= 11 is 3.53. The molecule has 2 aromatic rings. The van der Waals surface area contributed by atoms with Crippen molar-refractivity contribution >= 4 is 26.7 Å². The van der Waals surface area contributed by atoms with Crippen LogP contribution in [0, 0.1) is 6.92 Å². The van der Waals surface area contributed by atoms with E-state index >= 15 is 0 Å². The lowest BCUT2D eigenvalue weighted by Crippen LogP contribution is -2.35. The van der Waals surface area contributed by atoms with Crippen LogP contribution in [0.2, 0.25) is 0 Å². The highest BCUT2D eigenvalue weighted by Crippen LogP contribution is 2.24. The highest BCUT2D eigenvalue weighted by molar-refractivity contribution is 9.10. The smallest absolute Gasteiger partial charge is 0.0594 e. The van der Waals surface area contributed by atoms with E-state index in [1.54, 1.807) is 0 Å². The fourth-order valence-corrected chi connectivity index (χ4v) is 2.98. The fraction of sp³-hybridized carbons (Fsp3) is 0.375. The summed E-state index contributed by atoms with van der Waals surface area (Å²) in [6.45, 7) is 7.03. The number of fused-ring (bicyclic) bond motifs is 1. The third-order valence-corrected chi connectivity index (χ3v) is 4.25. The molecule has 0 unspecified atom stereocenters. The molecular weight excluding hydrogens is 302 g/mol. The molecule has 19 heavy (non-hydrogen) atoms. The van der Waals surface area contributed by atoms with Gasteiger partial charge in [-0.2, -0.15) is 0 Å². The van der Waals surface area contributed by atoms with Gasteiger partial charge >= 0.3 is 0 Å². The van der Waals surface area contributed by atoms with Crippen LogP contribution in [0.15, 0.2) is 34.8 Å². The van der Waals surface area contributed by atoms with Crippen LogP contribution >= 0.6 is 15.9 Å². The summed E-state index contributed by atoms with van der Waals surface area (Å²) in [4.78, 5) is 2.47. The molecule has 0 atom stereocenters. The van der Waals surface area contributed by atoms with Crippen LogP contribution < -0.4 is 0 Å². The molecule has 2 aromatic carbocycles. The van der Waals surface area contributed by atoms with Gasteiger partial charge in [-0.1, -0.05) is 28.1 Å². The first-order valence-electron chi connectivity index (χ1n) is 6.71. The number of nitrogens with zero attached hydrogens (tertiary/aromatic N) is 1. The molecule has 1 heterocycles. The molecule has 1 saturated heterocycles. The van der Waals surface area contributed by atoms with Gasteiger partial charge in [0.05, 0.1) is 13.2 Å². The molecule has 0 aliphatic carbocycles. The maximum Gasteiger partial charge on any atom is 0.0594 e. The van der Waals surface area contributed by atoms with Gasteiger partial charge < -0.3 is 4.74 Å². The molecule has 0 radical (unpaired) electrons. The van der Waals surface area contributed by atoms with Crippen molar-refractivity contribution in [3.8, 4) is 0 Å². The van der Waals surface area contributed by atoms with E-state index in [0.717, 1.165) is 37.3 Å². The minimum Gasteiger partial charge on any atom is -0.379 e. The number of ether oxygens (including phenoxy) is 1. The minimum atomic E-state index is 0.861. The quantitative estimate of drug-likeness (QED) is 0.836. The highest BCUT2D eigenvalue weighted by atomic mass is 79.9. The summed E-state index contributed by atoms with van der Waals surface area (Å²) in [7, 11) is 0. The second-order valence-corrected chi connectivity index (χ2v) is 6.07. The SMILES string of the molecule is Cc1cc2cc(Br)ccc2cc1CN1CCOCC1. The van der Waals surface area contributed by atoms with Crippen LogP contribution in [-0.4, -0.2) is 31.2 Å². The third kappa shape index (κ3) is 2.99. The molecule has 0 N–H and O–H groups in total. The average Bonchev–Trinajstić information content (AvgIpc) is 2.41. The van der Waals surface area contributed by atoms with Crippen molar-refractivity contribution in [2.45, 2.75) is 13.5 Å². The number of morpholine rings is 1. The molecule has 0 spiro atoms. The van der Waals surface area contributed by atoms with Gasteiger partial charge in [0, 0.05) is 24.1 Å². The number of aryl methyl sites for hydroxylation is 1. The molecule has 3 rings (SSSR count). The summed E-state index contributed by atoms with van der Waals surface area (Å²) < 4.78 is 6.54. The van der Waals surface area contributed by atoms with Gasteiger partial charge in [0.15, 0.2) is 0 Å². The zero-order valence-electron chi connectivity index (χ0n) is 11.2. The van der Waals surface area contributed by atoms with Crippen molar-refractivity contribution in [3.63, 3.8) is 0 Å². The van der Waals surface area contributed by atoms with Crippen LogP contribution in [0.5, 0.6) is 0 Å². The number of rotatable bonds is 2. The lowest BCUT2D eigenvalue weighted by atomic mass is 10.0. The number of halogens is 1. The van der Waals surface area contributed by atoms with E-state index in [9.17, 15) is 0 Å². The lowest BCUT2D eigenvalue weighted by Gasteiger charge is -2.27. The van der Waals surface area contributed by atoms with E-state index in [-0.39, 0.29) is 0 Å².